The first kappa shape index (κ1) is 15.8. The molecule has 0 aliphatic carbocycles. The Kier molecular flexibility index (Phi) is 3.44. The van der Waals surface area contributed by atoms with Crippen LogP contribution in [0.15, 0.2) is 23.0 Å². The molecule has 124 valence electrons. The fourth-order valence-corrected chi connectivity index (χ4v) is 2.95. The molecule has 4 N–H and O–H groups in total. The zero-order valence-electron chi connectivity index (χ0n) is 13.5. The van der Waals surface area contributed by atoms with Gasteiger partial charge in [-0.3, -0.25) is 24.3 Å². The minimum Gasteiger partial charge on any atom is -0.505 e. The van der Waals surface area contributed by atoms with E-state index in [0.717, 1.165) is 10.6 Å². The average Bonchev–Trinajstić information content (AvgIpc) is 2.76. The lowest BCUT2D eigenvalue weighted by molar-refractivity contribution is 0.0880. The highest BCUT2D eigenvalue weighted by Crippen LogP contribution is 2.35. The van der Waals surface area contributed by atoms with Crippen LogP contribution >= 0.6 is 0 Å². The number of pyridine rings is 1. The number of phenols is 1. The van der Waals surface area contributed by atoms with E-state index in [1.165, 1.54) is 0 Å². The number of imide groups is 1. The average molecular weight is 327 g/mol. The summed E-state index contributed by atoms with van der Waals surface area (Å²) in [4.78, 5) is 36.2. The molecule has 0 saturated carbocycles. The number of aromatic hydroxyl groups is 1. The zero-order chi connectivity index (χ0) is 17.8. The maximum absolute atomic E-state index is 12.5. The van der Waals surface area contributed by atoms with Crippen molar-refractivity contribution < 1.29 is 14.7 Å². The van der Waals surface area contributed by atoms with Gasteiger partial charge >= 0.3 is 0 Å². The standard InChI is InChI=1S/C17H17N3O4/c1-7(2)9-5-4-8(3)13(14(9)22)20-11(21)6-10-12(15(20)18)17(24)19-16(10)23/h4-7,22H,18H2,1-3H3,(H,19,23,24). The second-order valence-electron chi connectivity index (χ2n) is 6.10. The summed E-state index contributed by atoms with van der Waals surface area (Å²) in [6.45, 7) is 5.55. The van der Waals surface area contributed by atoms with E-state index in [0.29, 0.717) is 11.1 Å². The Morgan fingerprint density at radius 1 is 1.17 bits per heavy atom. The Bertz CT molecular complexity index is 957. The van der Waals surface area contributed by atoms with Crippen LogP contribution in [-0.2, 0) is 0 Å². The SMILES string of the molecule is Cc1ccc(C(C)C)c(O)c1-n1c(N)c2c(cc1=O)C(=O)NC2=O. The number of anilines is 1. The number of nitrogens with two attached hydrogens (primary N) is 1. The van der Waals surface area contributed by atoms with Crippen molar-refractivity contribution in [3.8, 4) is 11.4 Å². The summed E-state index contributed by atoms with van der Waals surface area (Å²) in [7, 11) is 0. The van der Waals surface area contributed by atoms with Crippen LogP contribution in [0.25, 0.3) is 5.69 Å². The molecule has 2 aromatic rings. The third-order valence-electron chi connectivity index (χ3n) is 4.18. The number of nitrogens with one attached hydrogen (secondary N) is 1. The molecule has 1 aliphatic heterocycles. The number of carbonyl (C=O) groups excluding carboxylic acids is 2. The fraction of sp³-hybridized carbons (Fsp3) is 0.235. The Morgan fingerprint density at radius 3 is 2.46 bits per heavy atom. The molecule has 2 heterocycles. The molecule has 7 nitrogen and oxygen atoms in total. The smallest absolute Gasteiger partial charge is 0.262 e. The van der Waals surface area contributed by atoms with Crippen molar-refractivity contribution in [3.05, 3.63) is 50.8 Å². The summed E-state index contributed by atoms with van der Waals surface area (Å²) in [5, 5.41) is 12.7. The number of benzene rings is 1. The largest absolute Gasteiger partial charge is 0.505 e. The number of aromatic nitrogens is 1. The Labute approximate surface area is 137 Å². The quantitative estimate of drug-likeness (QED) is 0.722. The van der Waals surface area contributed by atoms with Crippen molar-refractivity contribution in [2.24, 2.45) is 0 Å². The molecule has 0 unspecified atom stereocenters. The highest BCUT2D eigenvalue weighted by atomic mass is 16.3. The molecular formula is C17H17N3O4. The van der Waals surface area contributed by atoms with Gasteiger partial charge in [0.2, 0.25) is 0 Å². The van der Waals surface area contributed by atoms with E-state index in [9.17, 15) is 19.5 Å². The molecule has 1 aliphatic rings. The number of fused-ring (bicyclic) bond motifs is 1. The van der Waals surface area contributed by atoms with Gasteiger partial charge in [0.05, 0.1) is 16.8 Å². The van der Waals surface area contributed by atoms with Crippen LogP contribution in [0.5, 0.6) is 5.75 Å². The van der Waals surface area contributed by atoms with Crippen LogP contribution in [0.1, 0.15) is 51.6 Å². The van der Waals surface area contributed by atoms with E-state index < -0.39 is 17.4 Å². The van der Waals surface area contributed by atoms with Gasteiger partial charge in [0.25, 0.3) is 17.4 Å². The Hall–Kier alpha value is -3.09. The monoisotopic (exact) mass is 327 g/mol. The van der Waals surface area contributed by atoms with E-state index in [1.54, 1.807) is 19.1 Å². The topological polar surface area (TPSA) is 114 Å². The second kappa shape index (κ2) is 5.23. The summed E-state index contributed by atoms with van der Waals surface area (Å²) in [6, 6.07) is 4.62. The molecule has 0 atom stereocenters. The number of phenolic OH excluding ortho intramolecular Hbond substituents is 1. The molecule has 0 bridgehead atoms. The van der Waals surface area contributed by atoms with Crippen LogP contribution in [0, 0.1) is 6.92 Å². The highest BCUT2D eigenvalue weighted by Gasteiger charge is 2.32. The number of aryl methyl sites for hydroxylation is 1. The molecule has 3 rings (SSSR count). The van der Waals surface area contributed by atoms with Gasteiger partial charge in [0.1, 0.15) is 11.6 Å². The van der Waals surface area contributed by atoms with Gasteiger partial charge < -0.3 is 10.8 Å². The maximum atomic E-state index is 12.5. The minimum atomic E-state index is -0.654. The first-order valence-electron chi connectivity index (χ1n) is 7.48. The van der Waals surface area contributed by atoms with Crippen molar-refractivity contribution in [1.82, 2.24) is 9.88 Å². The number of hydrogen-bond acceptors (Lipinski definition) is 5. The number of hydrogen-bond donors (Lipinski definition) is 3. The Morgan fingerprint density at radius 2 is 1.83 bits per heavy atom. The number of rotatable bonds is 2. The van der Waals surface area contributed by atoms with Crippen LogP contribution in [0.4, 0.5) is 5.82 Å². The molecule has 0 saturated heterocycles. The van der Waals surface area contributed by atoms with Gasteiger partial charge in [-0.25, -0.2) is 0 Å². The predicted octanol–water partition coefficient (Wildman–Crippen LogP) is 1.44. The third-order valence-corrected chi connectivity index (χ3v) is 4.18. The first-order chi connectivity index (χ1) is 11.2. The number of carbonyl (C=O) groups is 2. The fourth-order valence-electron chi connectivity index (χ4n) is 2.95. The van der Waals surface area contributed by atoms with Crippen molar-refractivity contribution in [2.75, 3.05) is 5.73 Å². The summed E-state index contributed by atoms with van der Waals surface area (Å²) in [5.74, 6) is -1.51. The lowest BCUT2D eigenvalue weighted by atomic mass is 9.98. The van der Waals surface area contributed by atoms with Gasteiger partial charge in [-0.1, -0.05) is 26.0 Å². The van der Waals surface area contributed by atoms with Crippen LogP contribution in [0.3, 0.4) is 0 Å². The molecule has 2 amide bonds. The normalized spacial score (nSPS) is 13.3. The van der Waals surface area contributed by atoms with Gasteiger partial charge in [-0.15, -0.1) is 0 Å². The summed E-state index contributed by atoms with van der Waals surface area (Å²) in [6.07, 6.45) is 0. The molecule has 0 fully saturated rings. The Balaban J connectivity index is 2.40. The van der Waals surface area contributed by atoms with Crippen LogP contribution < -0.4 is 16.6 Å². The predicted molar refractivity (Wildman–Crippen MR) is 88.7 cm³/mol. The third kappa shape index (κ3) is 2.09. The van der Waals surface area contributed by atoms with Crippen molar-refractivity contribution in [2.45, 2.75) is 26.7 Å². The molecule has 0 radical (unpaired) electrons. The highest BCUT2D eigenvalue weighted by molar-refractivity contribution is 6.23. The van der Waals surface area contributed by atoms with Gasteiger partial charge in [0.15, 0.2) is 0 Å². The zero-order valence-corrected chi connectivity index (χ0v) is 13.5. The first-order valence-corrected chi connectivity index (χ1v) is 7.48. The van der Waals surface area contributed by atoms with E-state index in [2.05, 4.69) is 5.32 Å². The van der Waals surface area contributed by atoms with Crippen molar-refractivity contribution in [3.63, 3.8) is 0 Å². The van der Waals surface area contributed by atoms with E-state index in [-0.39, 0.29) is 34.3 Å². The molecular weight excluding hydrogens is 310 g/mol. The summed E-state index contributed by atoms with van der Waals surface area (Å²) in [5.41, 5.74) is 6.84. The number of amides is 2. The summed E-state index contributed by atoms with van der Waals surface area (Å²) < 4.78 is 1.08. The number of nitrogen functional groups attached to an aromatic ring is 1. The summed E-state index contributed by atoms with van der Waals surface area (Å²) >= 11 is 0. The molecule has 0 spiro atoms. The minimum absolute atomic E-state index is 0.0283. The van der Waals surface area contributed by atoms with Crippen LogP contribution in [-0.4, -0.2) is 21.5 Å². The van der Waals surface area contributed by atoms with Crippen molar-refractivity contribution >= 4 is 17.6 Å². The molecule has 24 heavy (non-hydrogen) atoms. The second-order valence-corrected chi connectivity index (χ2v) is 6.10. The van der Waals surface area contributed by atoms with E-state index >= 15 is 0 Å². The molecule has 1 aromatic carbocycles. The lowest BCUT2D eigenvalue weighted by Gasteiger charge is -2.19. The van der Waals surface area contributed by atoms with E-state index in [4.69, 9.17) is 5.73 Å². The lowest BCUT2D eigenvalue weighted by Crippen LogP contribution is -2.25. The van der Waals surface area contributed by atoms with Crippen molar-refractivity contribution in [1.29, 1.82) is 0 Å². The van der Waals surface area contributed by atoms with Gasteiger partial charge in [-0.05, 0) is 24.0 Å². The van der Waals surface area contributed by atoms with Gasteiger partial charge in [0, 0.05) is 6.07 Å². The van der Waals surface area contributed by atoms with Crippen LogP contribution in [0.2, 0.25) is 0 Å². The number of nitrogens with zero attached hydrogens (tertiary/aromatic N) is 1. The molecule has 1 aromatic heterocycles. The van der Waals surface area contributed by atoms with E-state index in [1.807, 2.05) is 13.8 Å². The van der Waals surface area contributed by atoms with Gasteiger partial charge in [-0.2, -0.15) is 0 Å². The molecule has 7 heteroatoms. The maximum Gasteiger partial charge on any atom is 0.262 e.